The number of carbonyl (C=O) groups is 1. The number of methoxy groups -OCH3 is 1. The maximum Gasteiger partial charge on any atom is 0.314 e. The van der Waals surface area contributed by atoms with Crippen molar-refractivity contribution in [3.63, 3.8) is 0 Å². The number of ether oxygens (including phenoxy) is 1. The zero-order valence-electron chi connectivity index (χ0n) is 10.3. The average Bonchev–Trinajstić information content (AvgIpc) is 2.75. The van der Waals surface area contributed by atoms with Gasteiger partial charge in [0.25, 0.3) is 0 Å². The summed E-state index contributed by atoms with van der Waals surface area (Å²) in [6, 6.07) is 5.67. The van der Waals surface area contributed by atoms with Crippen molar-refractivity contribution in [2.45, 2.75) is 12.5 Å². The molecule has 1 aromatic heterocycles. The Hall–Kier alpha value is -1.23. The first kappa shape index (κ1) is 14.2. The van der Waals surface area contributed by atoms with Gasteiger partial charge >= 0.3 is 5.97 Å². The van der Waals surface area contributed by atoms with Gasteiger partial charge in [-0.25, -0.2) is 0 Å². The number of carbonyl (C=O) groups excluding carboxylic acids is 1. The Balaban J connectivity index is 0.00000133. The highest BCUT2D eigenvalue weighted by molar-refractivity contribution is 6.31. The summed E-state index contributed by atoms with van der Waals surface area (Å²) in [6.07, 6.45) is 0. The molecule has 0 aliphatic carbocycles. The van der Waals surface area contributed by atoms with Crippen LogP contribution in [-0.4, -0.2) is 24.6 Å². The molecule has 2 N–H and O–H groups in total. The van der Waals surface area contributed by atoms with Crippen LogP contribution in [0.4, 0.5) is 0 Å². The summed E-state index contributed by atoms with van der Waals surface area (Å²) in [7, 11) is 1.42. The Morgan fingerprint density at radius 2 is 2.26 bits per heavy atom. The largest absolute Gasteiger partial charge is 0.469 e. The summed E-state index contributed by atoms with van der Waals surface area (Å²) < 4.78 is 4.87. The third-order valence-electron chi connectivity index (χ3n) is 3.37. The molecule has 0 spiro atoms. The Labute approximate surface area is 121 Å². The molecule has 1 aromatic carbocycles. The van der Waals surface area contributed by atoms with Crippen molar-refractivity contribution in [3.8, 4) is 0 Å². The highest BCUT2D eigenvalue weighted by Gasteiger charge is 2.30. The van der Waals surface area contributed by atoms with E-state index >= 15 is 0 Å². The zero-order valence-corrected chi connectivity index (χ0v) is 11.9. The molecule has 1 atom stereocenters. The quantitative estimate of drug-likeness (QED) is 0.796. The van der Waals surface area contributed by atoms with Crippen LogP contribution in [0.1, 0.15) is 17.2 Å². The van der Waals surface area contributed by atoms with E-state index in [4.69, 9.17) is 16.3 Å². The third kappa shape index (κ3) is 2.31. The molecular formula is C13H14Cl2N2O2. The van der Waals surface area contributed by atoms with Crippen LogP contribution in [0.15, 0.2) is 18.2 Å². The molecule has 1 unspecified atom stereocenters. The Morgan fingerprint density at radius 3 is 3.00 bits per heavy atom. The van der Waals surface area contributed by atoms with Crippen molar-refractivity contribution in [1.82, 2.24) is 10.3 Å². The standard InChI is InChI=1S/C13H13ClN2O2.ClH/c1-18-13(17)9-5-15-6-11-12(9)8-4-7(14)2-3-10(8)16-11;/h2-4,9,15-16H,5-6H2,1H3;1H. The summed E-state index contributed by atoms with van der Waals surface area (Å²) in [6.45, 7) is 1.33. The molecule has 4 nitrogen and oxygen atoms in total. The van der Waals surface area contributed by atoms with Gasteiger partial charge in [0.05, 0.1) is 13.0 Å². The minimum absolute atomic E-state index is 0. The number of esters is 1. The maximum atomic E-state index is 11.8. The molecule has 19 heavy (non-hydrogen) atoms. The molecule has 0 saturated heterocycles. The number of rotatable bonds is 1. The van der Waals surface area contributed by atoms with E-state index in [-0.39, 0.29) is 24.3 Å². The van der Waals surface area contributed by atoms with Gasteiger partial charge in [0.15, 0.2) is 0 Å². The second-order valence-electron chi connectivity index (χ2n) is 4.41. The van der Waals surface area contributed by atoms with Crippen LogP contribution in [0.2, 0.25) is 5.02 Å². The molecule has 2 aromatic rings. The normalized spacial score (nSPS) is 17.7. The fourth-order valence-corrected chi connectivity index (χ4v) is 2.74. The van der Waals surface area contributed by atoms with E-state index in [1.165, 1.54) is 7.11 Å². The van der Waals surface area contributed by atoms with Crippen LogP contribution in [0, 0.1) is 0 Å². The molecule has 0 bridgehead atoms. The number of hydrogen-bond donors (Lipinski definition) is 2. The molecule has 0 radical (unpaired) electrons. The SMILES string of the molecule is COC(=O)C1CNCc2[nH]c3ccc(Cl)cc3c21.Cl. The van der Waals surface area contributed by atoms with Gasteiger partial charge in [-0.2, -0.15) is 0 Å². The van der Waals surface area contributed by atoms with Crippen molar-refractivity contribution >= 4 is 40.9 Å². The Bertz CT molecular complexity index is 624. The van der Waals surface area contributed by atoms with E-state index in [1.54, 1.807) is 0 Å². The molecule has 6 heteroatoms. The summed E-state index contributed by atoms with van der Waals surface area (Å²) in [4.78, 5) is 15.2. The fraction of sp³-hybridized carbons (Fsp3) is 0.308. The van der Waals surface area contributed by atoms with E-state index < -0.39 is 0 Å². The smallest absolute Gasteiger partial charge is 0.314 e. The molecule has 102 valence electrons. The topological polar surface area (TPSA) is 54.1 Å². The van der Waals surface area contributed by atoms with E-state index in [2.05, 4.69) is 10.3 Å². The van der Waals surface area contributed by atoms with Gasteiger partial charge < -0.3 is 15.0 Å². The summed E-state index contributed by atoms with van der Waals surface area (Å²) in [5.74, 6) is -0.490. The van der Waals surface area contributed by atoms with Crippen LogP contribution in [0.5, 0.6) is 0 Å². The number of nitrogens with one attached hydrogen (secondary N) is 2. The van der Waals surface area contributed by atoms with Crippen LogP contribution in [0.25, 0.3) is 10.9 Å². The monoisotopic (exact) mass is 300 g/mol. The number of H-pyrrole nitrogens is 1. The van der Waals surface area contributed by atoms with Gasteiger partial charge in [-0.15, -0.1) is 12.4 Å². The molecule has 3 rings (SSSR count). The van der Waals surface area contributed by atoms with Gasteiger partial charge in [0.1, 0.15) is 0 Å². The number of fused-ring (bicyclic) bond motifs is 3. The van der Waals surface area contributed by atoms with Crippen LogP contribution in [-0.2, 0) is 16.1 Å². The lowest BCUT2D eigenvalue weighted by atomic mass is 9.93. The van der Waals surface area contributed by atoms with Crippen molar-refractivity contribution in [3.05, 3.63) is 34.5 Å². The lowest BCUT2D eigenvalue weighted by Gasteiger charge is -2.21. The van der Waals surface area contributed by atoms with Gasteiger partial charge in [0, 0.05) is 34.7 Å². The predicted octanol–water partition coefficient (Wildman–Crippen LogP) is 2.60. The fourth-order valence-electron chi connectivity index (χ4n) is 2.57. The van der Waals surface area contributed by atoms with Crippen LogP contribution in [0.3, 0.4) is 0 Å². The van der Waals surface area contributed by atoms with E-state index in [0.717, 1.165) is 28.7 Å². The highest BCUT2D eigenvalue weighted by atomic mass is 35.5. The average molecular weight is 301 g/mol. The minimum Gasteiger partial charge on any atom is -0.469 e. The maximum absolute atomic E-state index is 11.8. The van der Waals surface area contributed by atoms with Crippen molar-refractivity contribution in [2.75, 3.05) is 13.7 Å². The van der Waals surface area contributed by atoms with Gasteiger partial charge in [-0.05, 0) is 23.8 Å². The molecule has 0 amide bonds. The molecule has 0 saturated carbocycles. The third-order valence-corrected chi connectivity index (χ3v) is 3.60. The molecule has 1 aliphatic heterocycles. The first-order valence-corrected chi connectivity index (χ1v) is 6.17. The lowest BCUT2D eigenvalue weighted by molar-refractivity contribution is -0.142. The number of halogens is 2. The number of hydrogen-bond acceptors (Lipinski definition) is 3. The minimum atomic E-state index is -0.272. The van der Waals surface area contributed by atoms with Crippen LogP contribution < -0.4 is 5.32 Å². The van der Waals surface area contributed by atoms with Gasteiger partial charge in [0.2, 0.25) is 0 Å². The Morgan fingerprint density at radius 1 is 1.47 bits per heavy atom. The lowest BCUT2D eigenvalue weighted by Crippen LogP contribution is -2.32. The van der Waals surface area contributed by atoms with Gasteiger partial charge in [-0.1, -0.05) is 11.6 Å². The number of aromatic amines is 1. The van der Waals surface area contributed by atoms with Gasteiger partial charge in [-0.3, -0.25) is 4.79 Å². The summed E-state index contributed by atoms with van der Waals surface area (Å²) >= 11 is 6.03. The van der Waals surface area contributed by atoms with E-state index in [1.807, 2.05) is 18.2 Å². The summed E-state index contributed by atoms with van der Waals surface area (Å²) in [5.41, 5.74) is 3.05. The zero-order chi connectivity index (χ0) is 12.7. The molecule has 1 aliphatic rings. The predicted molar refractivity (Wildman–Crippen MR) is 77.0 cm³/mol. The van der Waals surface area contributed by atoms with Crippen molar-refractivity contribution < 1.29 is 9.53 Å². The number of benzene rings is 1. The van der Waals surface area contributed by atoms with Crippen LogP contribution >= 0.6 is 24.0 Å². The molecule has 2 heterocycles. The van der Waals surface area contributed by atoms with Crippen molar-refractivity contribution in [1.29, 1.82) is 0 Å². The second-order valence-corrected chi connectivity index (χ2v) is 4.85. The first-order valence-electron chi connectivity index (χ1n) is 5.79. The highest BCUT2D eigenvalue weighted by Crippen LogP contribution is 2.33. The summed E-state index contributed by atoms with van der Waals surface area (Å²) in [5, 5.41) is 4.90. The second kappa shape index (κ2) is 5.41. The molecule has 0 fully saturated rings. The van der Waals surface area contributed by atoms with Crippen molar-refractivity contribution in [2.24, 2.45) is 0 Å². The Kier molecular flexibility index (Phi) is 4.04. The molecular weight excluding hydrogens is 287 g/mol. The first-order chi connectivity index (χ1) is 8.70. The van der Waals surface area contributed by atoms with E-state index in [9.17, 15) is 4.79 Å². The van der Waals surface area contributed by atoms with E-state index in [0.29, 0.717) is 11.6 Å². The number of aromatic nitrogens is 1.